The van der Waals surface area contributed by atoms with Gasteiger partial charge in [-0.25, -0.2) is 13.8 Å². The highest BCUT2D eigenvalue weighted by atomic mass is 19.3. The summed E-state index contributed by atoms with van der Waals surface area (Å²) < 4.78 is 29.4. The van der Waals surface area contributed by atoms with Crippen molar-refractivity contribution in [2.75, 3.05) is 23.3 Å². The number of anilines is 2. The van der Waals surface area contributed by atoms with Crippen LogP contribution in [0.5, 0.6) is 0 Å². The third-order valence-corrected chi connectivity index (χ3v) is 5.12. The second-order valence-corrected chi connectivity index (χ2v) is 7.71. The zero-order chi connectivity index (χ0) is 21.3. The van der Waals surface area contributed by atoms with Crippen molar-refractivity contribution in [3.8, 4) is 11.1 Å². The summed E-state index contributed by atoms with van der Waals surface area (Å²) in [5.41, 5.74) is 2.40. The number of rotatable bonds is 5. The number of amides is 1. The first-order valence-corrected chi connectivity index (χ1v) is 9.87. The summed E-state index contributed by atoms with van der Waals surface area (Å²) in [6.45, 7) is 3.68. The van der Waals surface area contributed by atoms with E-state index in [4.69, 9.17) is 0 Å². The topological polar surface area (TPSA) is 63.1 Å². The maximum atomic E-state index is 13.9. The van der Waals surface area contributed by atoms with E-state index in [9.17, 15) is 13.6 Å². The summed E-state index contributed by atoms with van der Waals surface area (Å²) in [6.07, 6.45) is 4.51. The van der Waals surface area contributed by atoms with Gasteiger partial charge in [0.1, 0.15) is 0 Å². The Morgan fingerprint density at radius 1 is 1.20 bits per heavy atom. The van der Waals surface area contributed by atoms with Gasteiger partial charge in [0.15, 0.2) is 5.82 Å². The fourth-order valence-electron chi connectivity index (χ4n) is 3.51. The molecular weight excluding hydrogens is 388 g/mol. The van der Waals surface area contributed by atoms with Crippen molar-refractivity contribution in [1.29, 1.82) is 0 Å². The van der Waals surface area contributed by atoms with Gasteiger partial charge in [-0.1, -0.05) is 30.3 Å². The molecule has 0 unspecified atom stereocenters. The minimum atomic E-state index is -2.77. The van der Waals surface area contributed by atoms with Crippen LogP contribution in [0.1, 0.15) is 36.7 Å². The molecule has 1 aliphatic rings. The maximum absolute atomic E-state index is 13.9. The molecule has 156 valence electrons. The molecule has 2 aromatic heterocycles. The number of benzene rings is 1. The van der Waals surface area contributed by atoms with Crippen LogP contribution in [0.2, 0.25) is 0 Å². The van der Waals surface area contributed by atoms with Gasteiger partial charge in [-0.2, -0.15) is 5.10 Å². The summed E-state index contributed by atoms with van der Waals surface area (Å²) in [7, 11) is 0. The lowest BCUT2D eigenvalue weighted by Gasteiger charge is -2.22. The lowest BCUT2D eigenvalue weighted by molar-refractivity contribution is 0.0257. The van der Waals surface area contributed by atoms with Crippen LogP contribution in [0.4, 0.5) is 20.3 Å². The number of pyridine rings is 1. The van der Waals surface area contributed by atoms with Crippen molar-refractivity contribution in [2.24, 2.45) is 0 Å². The van der Waals surface area contributed by atoms with Crippen LogP contribution in [-0.2, 0) is 0 Å². The second kappa shape index (κ2) is 7.85. The molecule has 3 aromatic rings. The number of carbonyl (C=O) groups is 1. The SMILES string of the molecule is CC(C)n1cc(C(=O)Nc2c(-c3ccccc3)ccnc2N2CCC(F)(F)C2)cn1. The molecule has 1 aliphatic heterocycles. The summed E-state index contributed by atoms with van der Waals surface area (Å²) in [6, 6.07) is 11.4. The molecule has 1 saturated heterocycles. The molecule has 0 aliphatic carbocycles. The second-order valence-electron chi connectivity index (χ2n) is 7.71. The number of nitrogens with one attached hydrogen (secondary N) is 1. The van der Waals surface area contributed by atoms with Crippen molar-refractivity contribution < 1.29 is 13.6 Å². The fraction of sp³-hybridized carbons (Fsp3) is 0.318. The summed E-state index contributed by atoms with van der Waals surface area (Å²) >= 11 is 0. The fourth-order valence-corrected chi connectivity index (χ4v) is 3.51. The Labute approximate surface area is 173 Å². The molecule has 6 nitrogen and oxygen atoms in total. The normalized spacial score (nSPS) is 15.6. The number of nitrogens with zero attached hydrogens (tertiary/aromatic N) is 4. The largest absolute Gasteiger partial charge is 0.349 e. The molecule has 8 heteroatoms. The molecule has 0 atom stereocenters. The Hall–Kier alpha value is -3.29. The van der Waals surface area contributed by atoms with E-state index in [0.29, 0.717) is 17.1 Å². The minimum absolute atomic E-state index is 0.118. The Morgan fingerprint density at radius 3 is 2.60 bits per heavy atom. The lowest BCUT2D eigenvalue weighted by atomic mass is 10.0. The summed E-state index contributed by atoms with van der Waals surface area (Å²) in [5.74, 6) is -2.79. The standard InChI is InChI=1S/C22H23F2N5O/c1-15(2)29-13-17(12-26-29)21(30)27-19-18(16-6-4-3-5-7-16)8-10-25-20(19)28-11-9-22(23,24)14-28/h3-8,10,12-13,15H,9,11,14H2,1-2H3,(H,27,30). The number of aromatic nitrogens is 3. The van der Waals surface area contributed by atoms with Crippen molar-refractivity contribution in [2.45, 2.75) is 32.2 Å². The van der Waals surface area contributed by atoms with E-state index in [1.165, 1.54) is 11.1 Å². The molecule has 0 spiro atoms. The first kappa shape index (κ1) is 20.0. The van der Waals surface area contributed by atoms with Gasteiger partial charge in [0.25, 0.3) is 11.8 Å². The third kappa shape index (κ3) is 4.03. The highest BCUT2D eigenvalue weighted by Gasteiger charge is 2.39. The molecule has 1 fully saturated rings. The van der Waals surface area contributed by atoms with Gasteiger partial charge in [-0.3, -0.25) is 9.48 Å². The summed E-state index contributed by atoms with van der Waals surface area (Å²) in [4.78, 5) is 18.8. The molecule has 0 saturated carbocycles. The van der Waals surface area contributed by atoms with Crippen LogP contribution in [0.15, 0.2) is 55.0 Å². The number of hydrogen-bond acceptors (Lipinski definition) is 4. The molecule has 1 amide bonds. The van der Waals surface area contributed by atoms with Gasteiger partial charge in [0.05, 0.1) is 24.0 Å². The van der Waals surface area contributed by atoms with Gasteiger partial charge in [0.2, 0.25) is 0 Å². The quantitative estimate of drug-likeness (QED) is 0.665. The zero-order valence-electron chi connectivity index (χ0n) is 16.8. The van der Waals surface area contributed by atoms with Crippen LogP contribution < -0.4 is 10.2 Å². The Morgan fingerprint density at radius 2 is 1.97 bits per heavy atom. The van der Waals surface area contributed by atoms with Crippen LogP contribution >= 0.6 is 0 Å². The smallest absolute Gasteiger partial charge is 0.266 e. The average Bonchev–Trinajstić information content (AvgIpc) is 3.36. The van der Waals surface area contributed by atoms with Gasteiger partial charge < -0.3 is 10.2 Å². The van der Waals surface area contributed by atoms with Gasteiger partial charge in [-0.15, -0.1) is 0 Å². The molecule has 30 heavy (non-hydrogen) atoms. The van der Waals surface area contributed by atoms with E-state index >= 15 is 0 Å². The molecule has 0 bridgehead atoms. The third-order valence-electron chi connectivity index (χ3n) is 5.12. The minimum Gasteiger partial charge on any atom is -0.349 e. The van der Waals surface area contributed by atoms with Crippen molar-refractivity contribution in [3.05, 3.63) is 60.6 Å². The number of carbonyl (C=O) groups excluding carboxylic acids is 1. The van der Waals surface area contributed by atoms with E-state index in [0.717, 1.165) is 11.1 Å². The van der Waals surface area contributed by atoms with E-state index < -0.39 is 12.5 Å². The van der Waals surface area contributed by atoms with Crippen LogP contribution in [0.3, 0.4) is 0 Å². The molecule has 1 aromatic carbocycles. The number of alkyl halides is 2. The first-order chi connectivity index (χ1) is 14.3. The Bertz CT molecular complexity index is 1050. The van der Waals surface area contributed by atoms with Crippen LogP contribution in [0.25, 0.3) is 11.1 Å². The van der Waals surface area contributed by atoms with Gasteiger partial charge in [0, 0.05) is 37.0 Å². The predicted molar refractivity (Wildman–Crippen MR) is 112 cm³/mol. The predicted octanol–water partition coefficient (Wildman–Crippen LogP) is 4.62. The Balaban J connectivity index is 1.74. The van der Waals surface area contributed by atoms with Crippen molar-refractivity contribution >= 4 is 17.4 Å². The molecule has 3 heterocycles. The van der Waals surface area contributed by atoms with E-state index in [1.54, 1.807) is 23.1 Å². The Kier molecular flexibility index (Phi) is 5.24. The number of hydrogen-bond donors (Lipinski definition) is 1. The lowest BCUT2D eigenvalue weighted by Crippen LogP contribution is -2.27. The van der Waals surface area contributed by atoms with E-state index in [2.05, 4.69) is 15.4 Å². The van der Waals surface area contributed by atoms with Gasteiger partial charge >= 0.3 is 0 Å². The van der Waals surface area contributed by atoms with Crippen LogP contribution in [0, 0.1) is 0 Å². The highest BCUT2D eigenvalue weighted by molar-refractivity contribution is 6.08. The first-order valence-electron chi connectivity index (χ1n) is 9.87. The molecule has 1 N–H and O–H groups in total. The van der Waals surface area contributed by atoms with Crippen molar-refractivity contribution in [3.63, 3.8) is 0 Å². The molecule has 0 radical (unpaired) electrons. The van der Waals surface area contributed by atoms with Crippen molar-refractivity contribution in [1.82, 2.24) is 14.8 Å². The van der Waals surface area contributed by atoms with E-state index in [1.807, 2.05) is 44.2 Å². The summed E-state index contributed by atoms with van der Waals surface area (Å²) in [5, 5.41) is 7.12. The molecule has 4 rings (SSSR count). The van der Waals surface area contributed by atoms with Gasteiger partial charge in [-0.05, 0) is 25.5 Å². The van der Waals surface area contributed by atoms with Crippen LogP contribution in [-0.4, -0.2) is 39.7 Å². The highest BCUT2D eigenvalue weighted by Crippen LogP contribution is 2.39. The maximum Gasteiger partial charge on any atom is 0.266 e. The van der Waals surface area contributed by atoms with E-state index in [-0.39, 0.29) is 24.9 Å². The average molecular weight is 411 g/mol. The monoisotopic (exact) mass is 411 g/mol. The number of halogens is 2. The zero-order valence-corrected chi connectivity index (χ0v) is 16.8. The molecular formula is C22H23F2N5O.